The summed E-state index contributed by atoms with van der Waals surface area (Å²) in [4.78, 5) is 27.5. The number of carbonyl (C=O) groups excluding carboxylic acids is 1. The van der Waals surface area contributed by atoms with Crippen LogP contribution in [0.5, 0.6) is 5.75 Å². The molecule has 2 heterocycles. The second-order valence-electron chi connectivity index (χ2n) is 6.25. The predicted molar refractivity (Wildman–Crippen MR) is 109 cm³/mol. The number of para-hydroxylation sites is 1. The molecule has 9 heteroatoms. The van der Waals surface area contributed by atoms with Gasteiger partial charge in [0, 0.05) is 17.0 Å². The van der Waals surface area contributed by atoms with Crippen molar-refractivity contribution in [2.75, 3.05) is 0 Å². The van der Waals surface area contributed by atoms with E-state index in [0.717, 1.165) is 6.07 Å². The highest BCUT2D eigenvalue weighted by molar-refractivity contribution is 6.07. The van der Waals surface area contributed by atoms with Crippen molar-refractivity contribution >= 4 is 28.7 Å². The molecular weight excluding hydrogens is 388 g/mol. The molecule has 0 radical (unpaired) electrons. The van der Waals surface area contributed by atoms with Crippen LogP contribution in [-0.4, -0.2) is 27.1 Å². The Labute approximate surface area is 169 Å². The molecule has 9 nitrogen and oxygen atoms in total. The van der Waals surface area contributed by atoms with Crippen molar-refractivity contribution in [2.24, 2.45) is 5.10 Å². The molecule has 30 heavy (non-hydrogen) atoms. The quantitative estimate of drug-likeness (QED) is 0.296. The number of phenols is 1. The first-order chi connectivity index (χ1) is 14.5. The summed E-state index contributed by atoms with van der Waals surface area (Å²) in [5.74, 6) is -0.407. The van der Waals surface area contributed by atoms with Crippen molar-refractivity contribution in [3.8, 4) is 17.2 Å². The number of hydrazone groups is 1. The van der Waals surface area contributed by atoms with Gasteiger partial charge in [-0.25, -0.2) is 10.4 Å². The lowest BCUT2D eigenvalue weighted by Gasteiger charge is -2.07. The van der Waals surface area contributed by atoms with Crippen LogP contribution < -0.4 is 5.43 Å². The fourth-order valence-corrected chi connectivity index (χ4v) is 2.91. The van der Waals surface area contributed by atoms with Crippen molar-refractivity contribution < 1.29 is 19.2 Å². The number of benzene rings is 2. The summed E-state index contributed by atoms with van der Waals surface area (Å²) in [7, 11) is 0. The zero-order valence-electron chi connectivity index (χ0n) is 15.4. The van der Waals surface area contributed by atoms with Crippen molar-refractivity contribution in [1.82, 2.24) is 10.4 Å². The number of nitro groups is 1. The van der Waals surface area contributed by atoms with E-state index in [0.29, 0.717) is 33.5 Å². The summed E-state index contributed by atoms with van der Waals surface area (Å²) in [6.45, 7) is 0. The van der Waals surface area contributed by atoms with Crippen LogP contribution in [-0.2, 0) is 0 Å². The third kappa shape index (κ3) is 3.72. The van der Waals surface area contributed by atoms with Gasteiger partial charge in [-0.1, -0.05) is 18.2 Å². The predicted octanol–water partition coefficient (Wildman–Crippen LogP) is 3.87. The number of phenolic OH excluding ortho intramolecular Hbond substituents is 1. The third-order valence-corrected chi connectivity index (χ3v) is 4.31. The Kier molecular flexibility index (Phi) is 4.92. The maximum atomic E-state index is 12.8. The number of hydrogen-bond donors (Lipinski definition) is 2. The second-order valence-corrected chi connectivity index (χ2v) is 6.25. The van der Waals surface area contributed by atoms with E-state index in [1.165, 1.54) is 24.6 Å². The summed E-state index contributed by atoms with van der Waals surface area (Å²) in [5.41, 5.74) is 3.78. The van der Waals surface area contributed by atoms with Gasteiger partial charge in [-0.3, -0.25) is 14.9 Å². The number of nitrogens with one attached hydrogen (secondary N) is 1. The average molecular weight is 402 g/mol. The van der Waals surface area contributed by atoms with Gasteiger partial charge in [0.2, 0.25) is 0 Å². The Hall–Kier alpha value is -4.53. The van der Waals surface area contributed by atoms with Gasteiger partial charge in [-0.15, -0.1) is 0 Å². The molecule has 0 spiro atoms. The Bertz CT molecular complexity index is 1280. The number of aromatic hydroxyl groups is 1. The molecule has 0 aliphatic carbocycles. The first kappa shape index (κ1) is 18.8. The number of furan rings is 1. The van der Waals surface area contributed by atoms with Crippen LogP contribution in [0.3, 0.4) is 0 Å². The molecule has 0 fully saturated rings. The van der Waals surface area contributed by atoms with E-state index in [4.69, 9.17) is 4.42 Å². The monoisotopic (exact) mass is 402 g/mol. The third-order valence-electron chi connectivity index (χ3n) is 4.31. The number of pyridine rings is 1. The van der Waals surface area contributed by atoms with E-state index >= 15 is 0 Å². The van der Waals surface area contributed by atoms with Gasteiger partial charge in [-0.05, 0) is 36.4 Å². The van der Waals surface area contributed by atoms with Crippen LogP contribution >= 0.6 is 0 Å². The smallest absolute Gasteiger partial charge is 0.311 e. The van der Waals surface area contributed by atoms with Crippen LogP contribution in [0.2, 0.25) is 0 Å². The molecule has 1 amide bonds. The molecule has 4 rings (SSSR count). The topological polar surface area (TPSA) is 131 Å². The molecule has 2 N–H and O–H groups in total. The van der Waals surface area contributed by atoms with Crippen LogP contribution in [0.15, 0.2) is 76.4 Å². The largest absolute Gasteiger partial charge is 0.502 e. The molecule has 0 bridgehead atoms. The zero-order valence-corrected chi connectivity index (χ0v) is 15.4. The SMILES string of the molecule is O=C(N/N=C\c1ccc(O)c([N+](=O)[O-])c1)c1cc(-c2ccco2)nc2ccccc12. The van der Waals surface area contributed by atoms with Gasteiger partial charge in [0.15, 0.2) is 11.5 Å². The normalized spacial score (nSPS) is 11.1. The maximum absolute atomic E-state index is 12.8. The second kappa shape index (κ2) is 7.84. The molecule has 148 valence electrons. The number of hydrogen-bond acceptors (Lipinski definition) is 7. The van der Waals surface area contributed by atoms with Crippen molar-refractivity contribution in [2.45, 2.75) is 0 Å². The summed E-state index contributed by atoms with van der Waals surface area (Å²) in [5, 5.41) is 24.9. The van der Waals surface area contributed by atoms with Crippen LogP contribution in [0, 0.1) is 10.1 Å². The number of rotatable bonds is 5. The van der Waals surface area contributed by atoms with E-state index < -0.39 is 22.3 Å². The van der Waals surface area contributed by atoms with Crippen molar-refractivity contribution in [1.29, 1.82) is 0 Å². The van der Waals surface area contributed by atoms with E-state index in [1.807, 2.05) is 6.07 Å². The van der Waals surface area contributed by atoms with Crippen LogP contribution in [0.1, 0.15) is 15.9 Å². The first-order valence-electron chi connectivity index (χ1n) is 8.77. The van der Waals surface area contributed by atoms with Gasteiger partial charge >= 0.3 is 5.69 Å². The van der Waals surface area contributed by atoms with Gasteiger partial charge < -0.3 is 9.52 Å². The lowest BCUT2D eigenvalue weighted by Crippen LogP contribution is -2.18. The lowest BCUT2D eigenvalue weighted by atomic mass is 10.1. The Balaban J connectivity index is 1.63. The van der Waals surface area contributed by atoms with Crippen molar-refractivity contribution in [3.63, 3.8) is 0 Å². The Morgan fingerprint density at radius 2 is 2.00 bits per heavy atom. The summed E-state index contributed by atoms with van der Waals surface area (Å²) < 4.78 is 5.38. The number of nitrogens with zero attached hydrogens (tertiary/aromatic N) is 3. The fourth-order valence-electron chi connectivity index (χ4n) is 2.91. The number of aromatic nitrogens is 1. The van der Waals surface area contributed by atoms with E-state index in [1.54, 1.807) is 36.4 Å². The van der Waals surface area contributed by atoms with Gasteiger partial charge in [-0.2, -0.15) is 5.10 Å². The Morgan fingerprint density at radius 3 is 2.77 bits per heavy atom. The Morgan fingerprint density at radius 1 is 1.17 bits per heavy atom. The standard InChI is InChI=1S/C21H14N4O5/c26-19-8-7-13(10-18(19)25(28)29)12-22-24-21(27)15-11-17(20-6-3-9-30-20)23-16-5-2-1-4-14(15)16/h1-12,26H,(H,24,27)/b22-12-. The van der Waals surface area contributed by atoms with Crippen LogP contribution in [0.25, 0.3) is 22.4 Å². The van der Waals surface area contributed by atoms with Crippen molar-refractivity contribution in [3.05, 3.63) is 88.2 Å². The molecule has 2 aromatic heterocycles. The number of amides is 1. The highest BCUT2D eigenvalue weighted by atomic mass is 16.6. The highest BCUT2D eigenvalue weighted by Crippen LogP contribution is 2.26. The summed E-state index contributed by atoms with van der Waals surface area (Å²) in [6.07, 6.45) is 2.77. The summed E-state index contributed by atoms with van der Waals surface area (Å²) >= 11 is 0. The lowest BCUT2D eigenvalue weighted by molar-refractivity contribution is -0.385. The van der Waals surface area contributed by atoms with E-state index in [-0.39, 0.29) is 0 Å². The molecule has 0 aliphatic heterocycles. The van der Waals surface area contributed by atoms with E-state index in [9.17, 15) is 20.0 Å². The minimum absolute atomic E-state index is 0.343. The maximum Gasteiger partial charge on any atom is 0.311 e. The minimum atomic E-state index is -0.704. The number of nitro benzene ring substituents is 1. The summed E-state index contributed by atoms with van der Waals surface area (Å²) in [6, 6.07) is 16.0. The molecule has 0 saturated carbocycles. The first-order valence-corrected chi connectivity index (χ1v) is 8.77. The molecule has 2 aromatic carbocycles. The molecular formula is C21H14N4O5. The average Bonchev–Trinajstić information content (AvgIpc) is 3.29. The fraction of sp³-hybridized carbons (Fsp3) is 0. The number of carbonyl (C=O) groups is 1. The molecule has 0 saturated heterocycles. The van der Waals surface area contributed by atoms with Gasteiger partial charge in [0.25, 0.3) is 5.91 Å². The molecule has 0 unspecified atom stereocenters. The highest BCUT2D eigenvalue weighted by Gasteiger charge is 2.15. The molecule has 0 aliphatic rings. The van der Waals surface area contributed by atoms with Crippen LogP contribution in [0.4, 0.5) is 5.69 Å². The number of fused-ring (bicyclic) bond motifs is 1. The van der Waals surface area contributed by atoms with E-state index in [2.05, 4.69) is 15.5 Å². The van der Waals surface area contributed by atoms with Gasteiger partial charge in [0.1, 0.15) is 5.69 Å². The van der Waals surface area contributed by atoms with Gasteiger partial charge in [0.05, 0.1) is 28.5 Å². The zero-order chi connectivity index (χ0) is 21.1. The molecule has 4 aromatic rings. The minimum Gasteiger partial charge on any atom is -0.502 e. The molecule has 0 atom stereocenters.